The van der Waals surface area contributed by atoms with Crippen molar-refractivity contribution < 1.29 is 9.53 Å². The van der Waals surface area contributed by atoms with Crippen LogP contribution in [0.15, 0.2) is 53.4 Å². The molecule has 2 aromatic rings. The summed E-state index contributed by atoms with van der Waals surface area (Å²) in [4.78, 5) is 13.1. The summed E-state index contributed by atoms with van der Waals surface area (Å²) in [5, 5.41) is 3.39. The first-order valence-corrected chi connectivity index (χ1v) is 8.17. The maximum Gasteiger partial charge on any atom is 0.233 e. The predicted octanol–water partition coefficient (Wildman–Crippen LogP) is 4.15. The van der Waals surface area contributed by atoms with E-state index >= 15 is 0 Å². The van der Waals surface area contributed by atoms with E-state index in [2.05, 4.69) is 5.32 Å². The van der Waals surface area contributed by atoms with Crippen LogP contribution >= 0.6 is 23.4 Å². The minimum atomic E-state index is -0.210. The van der Waals surface area contributed by atoms with Gasteiger partial charge in [0.2, 0.25) is 5.91 Å². The van der Waals surface area contributed by atoms with E-state index < -0.39 is 0 Å². The molecule has 1 amide bonds. The van der Waals surface area contributed by atoms with Crippen molar-refractivity contribution in [1.29, 1.82) is 0 Å². The van der Waals surface area contributed by atoms with Gasteiger partial charge in [-0.2, -0.15) is 0 Å². The van der Waals surface area contributed by atoms with Crippen LogP contribution in [0.1, 0.15) is 12.5 Å². The molecule has 0 radical (unpaired) electrons. The molecule has 0 spiro atoms. The van der Waals surface area contributed by atoms with Crippen molar-refractivity contribution in [2.24, 2.45) is 0 Å². The molecule has 0 aliphatic rings. The Labute approximate surface area is 140 Å². The van der Waals surface area contributed by atoms with E-state index in [1.165, 1.54) is 11.8 Å². The van der Waals surface area contributed by atoms with Gasteiger partial charge in [-0.1, -0.05) is 35.9 Å². The quantitative estimate of drug-likeness (QED) is 0.806. The van der Waals surface area contributed by atoms with Gasteiger partial charge in [-0.3, -0.25) is 4.79 Å². The molecular formula is C17H18ClNO2S. The van der Waals surface area contributed by atoms with Gasteiger partial charge in [0.05, 0.1) is 17.4 Å². The third-order valence-corrected chi connectivity index (χ3v) is 4.75. The normalized spacial score (nSPS) is 11.8. The van der Waals surface area contributed by atoms with Crippen LogP contribution in [0.4, 0.5) is 0 Å². The summed E-state index contributed by atoms with van der Waals surface area (Å²) in [7, 11) is 1.63. The van der Waals surface area contributed by atoms with E-state index in [9.17, 15) is 4.79 Å². The van der Waals surface area contributed by atoms with Crippen LogP contribution in [0.25, 0.3) is 0 Å². The van der Waals surface area contributed by atoms with Gasteiger partial charge in [0, 0.05) is 11.4 Å². The summed E-state index contributed by atoms with van der Waals surface area (Å²) in [5.41, 5.74) is 1.03. The lowest BCUT2D eigenvalue weighted by molar-refractivity contribution is -0.120. The number of rotatable bonds is 6. The van der Waals surface area contributed by atoms with Crippen molar-refractivity contribution in [2.75, 3.05) is 7.11 Å². The fraction of sp³-hybridized carbons (Fsp3) is 0.235. The molecule has 5 heteroatoms. The number of benzene rings is 2. The first-order chi connectivity index (χ1) is 10.6. The number of carbonyl (C=O) groups excluding carboxylic acids is 1. The van der Waals surface area contributed by atoms with Crippen LogP contribution < -0.4 is 10.1 Å². The number of carbonyl (C=O) groups is 1. The van der Waals surface area contributed by atoms with Crippen molar-refractivity contribution >= 4 is 29.3 Å². The largest absolute Gasteiger partial charge is 0.497 e. The molecule has 0 aliphatic heterocycles. The molecule has 0 aliphatic carbocycles. The Kier molecular flexibility index (Phi) is 6.16. The highest BCUT2D eigenvalue weighted by Gasteiger charge is 2.15. The smallest absolute Gasteiger partial charge is 0.233 e. The third-order valence-electron chi connectivity index (χ3n) is 3.14. The zero-order valence-electron chi connectivity index (χ0n) is 12.5. The van der Waals surface area contributed by atoms with Gasteiger partial charge < -0.3 is 10.1 Å². The summed E-state index contributed by atoms with van der Waals surface area (Å²) >= 11 is 7.57. The lowest BCUT2D eigenvalue weighted by Crippen LogP contribution is -2.30. The predicted molar refractivity (Wildman–Crippen MR) is 91.6 cm³/mol. The van der Waals surface area contributed by atoms with E-state index in [-0.39, 0.29) is 11.2 Å². The highest BCUT2D eigenvalue weighted by atomic mass is 35.5. The van der Waals surface area contributed by atoms with E-state index in [4.69, 9.17) is 16.3 Å². The number of methoxy groups -OCH3 is 1. The summed E-state index contributed by atoms with van der Waals surface area (Å²) in [6, 6.07) is 15.2. The molecule has 2 aromatic carbocycles. The summed E-state index contributed by atoms with van der Waals surface area (Å²) in [5.74, 6) is 0.790. The number of ether oxygens (including phenoxy) is 1. The number of hydrogen-bond acceptors (Lipinski definition) is 3. The highest BCUT2D eigenvalue weighted by molar-refractivity contribution is 8.00. The topological polar surface area (TPSA) is 38.3 Å². The molecule has 3 nitrogen and oxygen atoms in total. The van der Waals surface area contributed by atoms with Crippen molar-refractivity contribution in [3.8, 4) is 5.75 Å². The Balaban J connectivity index is 1.87. The van der Waals surface area contributed by atoms with Crippen LogP contribution in [0.2, 0.25) is 5.02 Å². The SMILES string of the molecule is COc1ccc(CNC(=O)[C@@H](C)Sc2ccccc2Cl)cc1. The summed E-state index contributed by atoms with van der Waals surface area (Å²) in [6.07, 6.45) is 0. The lowest BCUT2D eigenvalue weighted by Gasteiger charge is -2.13. The van der Waals surface area contributed by atoms with Gasteiger partial charge in [-0.05, 0) is 36.8 Å². The second-order valence-corrected chi connectivity index (χ2v) is 6.55. The number of halogens is 1. The van der Waals surface area contributed by atoms with Gasteiger partial charge >= 0.3 is 0 Å². The minimum Gasteiger partial charge on any atom is -0.497 e. The van der Waals surface area contributed by atoms with Crippen LogP contribution in [0, 0.1) is 0 Å². The molecule has 0 aromatic heterocycles. The molecule has 116 valence electrons. The Hall–Kier alpha value is -1.65. The Morgan fingerprint density at radius 3 is 2.55 bits per heavy atom. The van der Waals surface area contributed by atoms with E-state index in [0.717, 1.165) is 16.2 Å². The fourth-order valence-electron chi connectivity index (χ4n) is 1.86. The molecule has 2 rings (SSSR count). The molecule has 0 saturated carbocycles. The van der Waals surface area contributed by atoms with Gasteiger partial charge in [0.25, 0.3) is 0 Å². The van der Waals surface area contributed by atoms with Gasteiger partial charge in [0.15, 0.2) is 0 Å². The molecule has 0 fully saturated rings. The Morgan fingerprint density at radius 1 is 1.23 bits per heavy atom. The monoisotopic (exact) mass is 335 g/mol. The highest BCUT2D eigenvalue weighted by Crippen LogP contribution is 2.30. The zero-order chi connectivity index (χ0) is 15.9. The summed E-state index contributed by atoms with van der Waals surface area (Å²) < 4.78 is 5.11. The standard InChI is InChI=1S/C17H18ClNO2S/c1-12(22-16-6-4-3-5-15(16)18)17(20)19-11-13-7-9-14(21-2)10-8-13/h3-10,12H,11H2,1-2H3,(H,19,20)/t12-/m1/s1. The second kappa shape index (κ2) is 8.11. The third kappa shape index (κ3) is 4.68. The molecule has 1 atom stereocenters. The van der Waals surface area contributed by atoms with Crippen molar-refractivity contribution in [3.05, 3.63) is 59.1 Å². The average molecular weight is 336 g/mol. The van der Waals surface area contributed by atoms with Crippen LogP contribution in [0.3, 0.4) is 0 Å². The summed E-state index contributed by atoms with van der Waals surface area (Å²) in [6.45, 7) is 2.37. The van der Waals surface area contributed by atoms with Crippen molar-refractivity contribution in [2.45, 2.75) is 23.6 Å². The number of thioether (sulfide) groups is 1. The van der Waals surface area contributed by atoms with Crippen LogP contribution in [-0.4, -0.2) is 18.3 Å². The van der Waals surface area contributed by atoms with E-state index in [1.807, 2.05) is 55.5 Å². The Bertz CT molecular complexity index is 631. The first-order valence-electron chi connectivity index (χ1n) is 6.92. The molecular weight excluding hydrogens is 318 g/mol. The first kappa shape index (κ1) is 16.7. The number of amides is 1. The van der Waals surface area contributed by atoms with Gasteiger partial charge in [-0.25, -0.2) is 0 Å². The number of nitrogens with one attached hydrogen (secondary N) is 1. The molecule has 0 heterocycles. The average Bonchev–Trinajstić information content (AvgIpc) is 2.55. The molecule has 0 bridgehead atoms. The molecule has 22 heavy (non-hydrogen) atoms. The maximum atomic E-state index is 12.2. The number of hydrogen-bond donors (Lipinski definition) is 1. The van der Waals surface area contributed by atoms with Crippen molar-refractivity contribution in [1.82, 2.24) is 5.32 Å². The van der Waals surface area contributed by atoms with Gasteiger partial charge in [-0.15, -0.1) is 11.8 Å². The Morgan fingerprint density at radius 2 is 1.91 bits per heavy atom. The van der Waals surface area contributed by atoms with Gasteiger partial charge in [0.1, 0.15) is 5.75 Å². The van der Waals surface area contributed by atoms with Crippen LogP contribution in [0.5, 0.6) is 5.75 Å². The second-order valence-electron chi connectivity index (χ2n) is 4.76. The van der Waals surface area contributed by atoms with E-state index in [1.54, 1.807) is 7.11 Å². The molecule has 0 unspecified atom stereocenters. The lowest BCUT2D eigenvalue weighted by atomic mass is 10.2. The molecule has 0 saturated heterocycles. The van der Waals surface area contributed by atoms with Crippen LogP contribution in [-0.2, 0) is 11.3 Å². The maximum absolute atomic E-state index is 12.2. The van der Waals surface area contributed by atoms with E-state index in [0.29, 0.717) is 11.6 Å². The molecule has 1 N–H and O–H groups in total. The fourth-order valence-corrected chi connectivity index (χ4v) is 3.04. The van der Waals surface area contributed by atoms with Crippen molar-refractivity contribution in [3.63, 3.8) is 0 Å². The zero-order valence-corrected chi connectivity index (χ0v) is 14.1. The minimum absolute atomic E-state index is 0.0132.